The summed E-state index contributed by atoms with van der Waals surface area (Å²) >= 11 is 0. The maximum atomic E-state index is 13.4. The summed E-state index contributed by atoms with van der Waals surface area (Å²) in [7, 11) is -2.23. The molecule has 0 aromatic carbocycles. The maximum absolute atomic E-state index is 13.4. The van der Waals surface area contributed by atoms with Gasteiger partial charge in [-0.2, -0.15) is 13.2 Å². The maximum Gasteiger partial charge on any atom is 0.433 e. The van der Waals surface area contributed by atoms with Crippen LogP contribution in [-0.2, 0) is 26.5 Å². The number of fused-ring (bicyclic) bond motifs is 1. The van der Waals surface area contributed by atoms with E-state index < -0.39 is 26.3 Å². The van der Waals surface area contributed by atoms with Gasteiger partial charge in [0.05, 0.1) is 25.0 Å². The normalized spacial score (nSPS) is 23.3. The molecule has 10 heteroatoms. The Morgan fingerprint density at radius 3 is 2.36 bits per heavy atom. The zero-order valence-corrected chi connectivity index (χ0v) is 28.2. The van der Waals surface area contributed by atoms with Crippen LogP contribution in [0.1, 0.15) is 123 Å². The highest BCUT2D eigenvalue weighted by molar-refractivity contribution is 6.74. The summed E-state index contributed by atoms with van der Waals surface area (Å²) < 4.78 is 59.1. The van der Waals surface area contributed by atoms with Crippen molar-refractivity contribution in [2.24, 2.45) is 5.41 Å². The highest BCUT2D eigenvalue weighted by Crippen LogP contribution is 2.58. The van der Waals surface area contributed by atoms with E-state index in [9.17, 15) is 18.3 Å². The molecular formula is C35H47F3N2O4Si. The Bertz CT molecular complexity index is 1420. The first-order chi connectivity index (χ1) is 21.2. The second-order valence-corrected chi connectivity index (χ2v) is 19.8. The van der Waals surface area contributed by atoms with E-state index in [1.54, 1.807) is 0 Å². The van der Waals surface area contributed by atoms with Crippen LogP contribution in [0.2, 0.25) is 18.1 Å². The number of halogens is 3. The average Bonchev–Trinajstić information content (AvgIpc) is 2.98. The first-order valence-electron chi connectivity index (χ1n) is 16.5. The molecule has 0 bridgehead atoms. The van der Waals surface area contributed by atoms with Crippen molar-refractivity contribution >= 4 is 13.9 Å². The molecule has 0 unspecified atom stereocenters. The fraction of sp³-hybridized carbons (Fsp3) is 0.657. The van der Waals surface area contributed by atoms with E-state index in [0.29, 0.717) is 44.0 Å². The molecule has 1 spiro atoms. The third-order valence-electron chi connectivity index (χ3n) is 11.1. The second-order valence-electron chi connectivity index (χ2n) is 15.1. The Hall–Kier alpha value is -2.11. The molecule has 0 radical (unpaired) electrons. The summed E-state index contributed by atoms with van der Waals surface area (Å²) in [6, 6.07) is 2.30. The largest absolute Gasteiger partial charge is 0.433 e. The third kappa shape index (κ3) is 6.42. The fourth-order valence-electron chi connectivity index (χ4n) is 7.34. The molecule has 2 aromatic rings. The monoisotopic (exact) mass is 644 g/mol. The minimum atomic E-state index is -4.56. The molecule has 4 aliphatic rings. The van der Waals surface area contributed by atoms with Crippen molar-refractivity contribution in [1.82, 2.24) is 9.97 Å². The van der Waals surface area contributed by atoms with Gasteiger partial charge in [0.1, 0.15) is 11.8 Å². The van der Waals surface area contributed by atoms with Gasteiger partial charge in [0.2, 0.25) is 0 Å². The molecular weight excluding hydrogens is 597 g/mol. The summed E-state index contributed by atoms with van der Waals surface area (Å²) in [5.41, 5.74) is 5.22. The first kappa shape index (κ1) is 32.8. The van der Waals surface area contributed by atoms with Crippen molar-refractivity contribution in [2.45, 2.75) is 115 Å². The predicted molar refractivity (Wildman–Crippen MR) is 169 cm³/mol. The van der Waals surface area contributed by atoms with Crippen molar-refractivity contribution in [3.8, 4) is 0 Å². The lowest BCUT2D eigenvalue weighted by Gasteiger charge is -2.51. The fourth-order valence-corrected chi connectivity index (χ4v) is 8.60. The second kappa shape index (κ2) is 12.2. The molecule has 2 aromatic heterocycles. The van der Waals surface area contributed by atoms with E-state index in [4.69, 9.17) is 18.9 Å². The third-order valence-corrected chi connectivity index (χ3v) is 15.6. The quantitative estimate of drug-likeness (QED) is 0.318. The van der Waals surface area contributed by atoms with Crippen LogP contribution in [0.15, 0.2) is 24.4 Å². The summed E-state index contributed by atoms with van der Waals surface area (Å²) in [5, 5.41) is 12.2. The van der Waals surface area contributed by atoms with Crippen LogP contribution in [0.25, 0.3) is 5.57 Å². The van der Waals surface area contributed by atoms with Gasteiger partial charge in [0.15, 0.2) is 8.32 Å². The predicted octanol–water partition coefficient (Wildman–Crippen LogP) is 8.45. The Kier molecular flexibility index (Phi) is 8.87. The van der Waals surface area contributed by atoms with E-state index in [2.05, 4.69) is 44.9 Å². The number of rotatable bonds is 6. The number of ether oxygens (including phenoxy) is 2. The highest BCUT2D eigenvalue weighted by atomic mass is 28.4. The number of aliphatic hydroxyl groups excluding tert-OH is 1. The molecule has 2 fully saturated rings. The smallest absolute Gasteiger partial charge is 0.410 e. The average molecular weight is 645 g/mol. The van der Waals surface area contributed by atoms with Crippen LogP contribution < -0.4 is 0 Å². The van der Waals surface area contributed by atoms with E-state index >= 15 is 0 Å². The van der Waals surface area contributed by atoms with Crippen molar-refractivity contribution in [1.29, 1.82) is 0 Å². The van der Waals surface area contributed by atoms with Crippen LogP contribution in [0.3, 0.4) is 0 Å². The number of nitrogens with zero attached hydrogens (tertiary/aromatic N) is 2. The van der Waals surface area contributed by atoms with Crippen molar-refractivity contribution in [3.63, 3.8) is 0 Å². The summed E-state index contributed by atoms with van der Waals surface area (Å²) in [6.45, 7) is 13.6. The van der Waals surface area contributed by atoms with Crippen LogP contribution in [-0.4, -0.2) is 49.8 Å². The zero-order chi connectivity index (χ0) is 32.2. The van der Waals surface area contributed by atoms with Gasteiger partial charge in [-0.05, 0) is 85.7 Å². The van der Waals surface area contributed by atoms with Gasteiger partial charge in [-0.15, -0.1) is 0 Å². The van der Waals surface area contributed by atoms with Crippen LogP contribution in [0.4, 0.5) is 13.2 Å². The standard InChI is InChI=1S/C35H47F3N2O4Si/c1-33(2,3)45(4,5)44-26-20-34(13-6-14-34)19-25-29(26)28(22-9-15-42-16-10-22)30(31(40-25)23-11-17-43-18-12-23)32(41)24-7-8-27(39-21-24)35(36,37)38/h7-9,21,23,26,32,41H,6,10-20H2,1-5H3/t26-,32+/m0/s1. The van der Waals surface area contributed by atoms with Crippen molar-refractivity contribution < 1.29 is 32.2 Å². The number of pyridine rings is 2. The van der Waals surface area contributed by atoms with Crippen LogP contribution in [0.5, 0.6) is 0 Å². The van der Waals surface area contributed by atoms with Gasteiger partial charge in [-0.3, -0.25) is 9.97 Å². The lowest BCUT2D eigenvalue weighted by molar-refractivity contribution is -0.141. The van der Waals surface area contributed by atoms with Crippen molar-refractivity contribution in [3.05, 3.63) is 63.7 Å². The van der Waals surface area contributed by atoms with Crippen LogP contribution >= 0.6 is 0 Å². The molecule has 2 aliphatic heterocycles. The number of hydrogen-bond donors (Lipinski definition) is 1. The molecule has 6 nitrogen and oxygen atoms in total. The van der Waals surface area contributed by atoms with Gasteiger partial charge >= 0.3 is 6.18 Å². The molecule has 1 saturated carbocycles. The van der Waals surface area contributed by atoms with E-state index in [-0.39, 0.29) is 22.5 Å². The number of alkyl halides is 3. The lowest BCUT2D eigenvalue weighted by atomic mass is 9.59. The molecule has 2 aliphatic carbocycles. The highest BCUT2D eigenvalue weighted by Gasteiger charge is 2.50. The Balaban J connectivity index is 1.59. The molecule has 1 N–H and O–H groups in total. The van der Waals surface area contributed by atoms with E-state index in [0.717, 1.165) is 78.9 Å². The summed E-state index contributed by atoms with van der Waals surface area (Å²) in [5.74, 6) is 0.0642. The zero-order valence-electron chi connectivity index (χ0n) is 27.2. The minimum absolute atomic E-state index is 0.000788. The van der Waals surface area contributed by atoms with Crippen LogP contribution in [0, 0.1) is 5.41 Å². The topological polar surface area (TPSA) is 73.7 Å². The minimum Gasteiger partial charge on any atom is -0.410 e. The van der Waals surface area contributed by atoms with Gasteiger partial charge < -0.3 is 19.0 Å². The van der Waals surface area contributed by atoms with Gasteiger partial charge in [0.25, 0.3) is 0 Å². The number of aliphatic hydroxyl groups is 1. The molecule has 45 heavy (non-hydrogen) atoms. The lowest BCUT2D eigenvalue weighted by Crippen LogP contribution is -2.46. The Labute approximate surface area is 265 Å². The van der Waals surface area contributed by atoms with Gasteiger partial charge in [-0.25, -0.2) is 0 Å². The summed E-state index contributed by atoms with van der Waals surface area (Å²) in [6.07, 6.45) is 4.86. The molecule has 246 valence electrons. The molecule has 4 heterocycles. The van der Waals surface area contributed by atoms with Gasteiger partial charge in [0, 0.05) is 47.7 Å². The van der Waals surface area contributed by atoms with Gasteiger partial charge in [-0.1, -0.05) is 39.3 Å². The van der Waals surface area contributed by atoms with Crippen molar-refractivity contribution in [2.75, 3.05) is 26.4 Å². The number of hydrogen-bond acceptors (Lipinski definition) is 6. The number of aromatic nitrogens is 2. The molecule has 0 amide bonds. The first-order valence-corrected chi connectivity index (χ1v) is 19.4. The molecule has 2 atom stereocenters. The summed E-state index contributed by atoms with van der Waals surface area (Å²) in [4.78, 5) is 9.19. The Morgan fingerprint density at radius 2 is 1.80 bits per heavy atom. The molecule has 1 saturated heterocycles. The SMILES string of the molecule is CC(C)(C)[Si](C)(C)O[C@H]1CC2(CCC2)Cc2nc(C3CCOCC3)c([C@H](O)c3ccc(C(F)(F)F)nc3)c(C3=CCOCC3)c21. The van der Waals surface area contributed by atoms with E-state index in [1.807, 2.05) is 0 Å². The Morgan fingerprint density at radius 1 is 1.07 bits per heavy atom. The van der Waals surface area contributed by atoms with E-state index in [1.165, 1.54) is 12.5 Å². The molecule has 6 rings (SSSR count).